The first-order valence-corrected chi connectivity index (χ1v) is 9.18. The first-order chi connectivity index (χ1) is 12.0. The second kappa shape index (κ2) is 7.62. The molecule has 1 aromatic rings. The first-order valence-electron chi connectivity index (χ1n) is 8.80. The van der Waals surface area contributed by atoms with Crippen molar-refractivity contribution in [3.05, 3.63) is 28.8 Å². The van der Waals surface area contributed by atoms with Gasteiger partial charge in [-0.25, -0.2) is 4.79 Å². The minimum Gasteiger partial charge on any atom is -0.373 e. The maximum Gasteiger partial charge on any atom is 0.319 e. The molecule has 0 aromatic heterocycles. The van der Waals surface area contributed by atoms with Gasteiger partial charge < -0.3 is 20.7 Å². The predicted octanol–water partition coefficient (Wildman–Crippen LogP) is 3.31. The molecule has 6 nitrogen and oxygen atoms in total. The fourth-order valence-electron chi connectivity index (χ4n) is 3.69. The van der Waals surface area contributed by atoms with E-state index in [0.717, 1.165) is 19.3 Å². The normalized spacial score (nSPS) is 21.3. The maximum absolute atomic E-state index is 12.2. The Balaban J connectivity index is 1.54. The number of carbonyl (C=O) groups excluding carboxylic acids is 2. The van der Waals surface area contributed by atoms with E-state index >= 15 is 0 Å². The van der Waals surface area contributed by atoms with E-state index in [2.05, 4.69) is 16.0 Å². The third-order valence-electron chi connectivity index (χ3n) is 4.87. The van der Waals surface area contributed by atoms with Crippen LogP contribution in [0.4, 0.5) is 10.5 Å². The van der Waals surface area contributed by atoms with Crippen LogP contribution in [-0.4, -0.2) is 36.7 Å². The number of carbonyl (C=O) groups is 2. The lowest BCUT2D eigenvalue weighted by molar-refractivity contribution is 0.00998. The Hall–Kier alpha value is -1.79. The van der Waals surface area contributed by atoms with Crippen molar-refractivity contribution in [3.63, 3.8) is 0 Å². The minimum atomic E-state index is -0.287. The van der Waals surface area contributed by atoms with E-state index in [1.807, 2.05) is 6.92 Å². The molecule has 0 radical (unpaired) electrons. The summed E-state index contributed by atoms with van der Waals surface area (Å²) in [5, 5.41) is 8.72. The van der Waals surface area contributed by atoms with E-state index in [0.29, 0.717) is 29.4 Å². The minimum absolute atomic E-state index is 0.0183. The van der Waals surface area contributed by atoms with Crippen LogP contribution >= 0.6 is 11.6 Å². The molecule has 0 bridgehead atoms. The predicted molar refractivity (Wildman–Crippen MR) is 97.2 cm³/mol. The molecule has 3 N–H and O–H groups in total. The van der Waals surface area contributed by atoms with Crippen molar-refractivity contribution in [1.82, 2.24) is 10.6 Å². The van der Waals surface area contributed by atoms with E-state index in [9.17, 15) is 9.59 Å². The van der Waals surface area contributed by atoms with Crippen LogP contribution in [0.2, 0.25) is 5.02 Å². The van der Waals surface area contributed by atoms with Gasteiger partial charge in [0.25, 0.3) is 5.91 Å². The van der Waals surface area contributed by atoms with Crippen LogP contribution in [0.5, 0.6) is 0 Å². The van der Waals surface area contributed by atoms with Gasteiger partial charge in [-0.05, 0) is 44.4 Å². The molecule has 3 amide bonds. The molecule has 1 atom stereocenters. The number of hydrogen-bond donors (Lipinski definition) is 3. The molecular weight excluding hydrogens is 342 g/mol. The van der Waals surface area contributed by atoms with Crippen LogP contribution < -0.4 is 16.0 Å². The second-order valence-electron chi connectivity index (χ2n) is 6.75. The smallest absolute Gasteiger partial charge is 0.319 e. The molecule has 1 saturated carbocycles. The molecule has 136 valence electrons. The van der Waals surface area contributed by atoms with Gasteiger partial charge in [0.15, 0.2) is 0 Å². The van der Waals surface area contributed by atoms with Gasteiger partial charge in [-0.15, -0.1) is 0 Å². The lowest BCUT2D eigenvalue weighted by Gasteiger charge is -2.21. The summed E-state index contributed by atoms with van der Waals surface area (Å²) in [5.41, 5.74) is 0.919. The van der Waals surface area contributed by atoms with Crippen LogP contribution in [-0.2, 0) is 4.74 Å². The van der Waals surface area contributed by atoms with Crippen LogP contribution in [0.3, 0.4) is 0 Å². The molecule has 1 aliphatic carbocycles. The summed E-state index contributed by atoms with van der Waals surface area (Å²) >= 11 is 6.14. The number of benzene rings is 1. The lowest BCUT2D eigenvalue weighted by atomic mass is 9.96. The summed E-state index contributed by atoms with van der Waals surface area (Å²) in [7, 11) is 0. The summed E-state index contributed by atoms with van der Waals surface area (Å²) in [6.45, 7) is 2.93. The monoisotopic (exact) mass is 365 g/mol. The summed E-state index contributed by atoms with van der Waals surface area (Å²) < 4.78 is 5.94. The number of hydrogen-bond acceptors (Lipinski definition) is 3. The van der Waals surface area contributed by atoms with Crippen molar-refractivity contribution in [1.29, 1.82) is 0 Å². The van der Waals surface area contributed by atoms with E-state index in [4.69, 9.17) is 16.3 Å². The van der Waals surface area contributed by atoms with Crippen molar-refractivity contribution in [2.24, 2.45) is 0 Å². The molecule has 2 fully saturated rings. The molecule has 0 unspecified atom stereocenters. The molecule has 1 heterocycles. The molecule has 1 spiro atoms. The Labute approximate surface area is 152 Å². The van der Waals surface area contributed by atoms with Crippen molar-refractivity contribution < 1.29 is 14.3 Å². The van der Waals surface area contributed by atoms with Crippen LogP contribution in [0.15, 0.2) is 18.2 Å². The van der Waals surface area contributed by atoms with E-state index in [-0.39, 0.29) is 23.6 Å². The Morgan fingerprint density at radius 1 is 1.32 bits per heavy atom. The topological polar surface area (TPSA) is 79.5 Å². The summed E-state index contributed by atoms with van der Waals surface area (Å²) in [4.78, 5) is 24.0. The van der Waals surface area contributed by atoms with Gasteiger partial charge in [-0.2, -0.15) is 0 Å². The maximum atomic E-state index is 12.2. The molecule has 1 aliphatic heterocycles. The highest BCUT2D eigenvalue weighted by Gasteiger charge is 2.42. The summed E-state index contributed by atoms with van der Waals surface area (Å²) in [5.74, 6) is -0.228. The third-order valence-corrected chi connectivity index (χ3v) is 5.18. The Kier molecular flexibility index (Phi) is 5.49. The van der Waals surface area contributed by atoms with Crippen molar-refractivity contribution in [2.45, 2.75) is 50.7 Å². The molecule has 7 heteroatoms. The van der Waals surface area contributed by atoms with Gasteiger partial charge in [0.2, 0.25) is 0 Å². The highest BCUT2D eigenvalue weighted by molar-refractivity contribution is 6.34. The zero-order valence-corrected chi connectivity index (χ0v) is 15.1. The van der Waals surface area contributed by atoms with E-state index in [1.54, 1.807) is 18.2 Å². The SMILES string of the molecule is CCNC(=O)c1ccc(NC(=O)N[C@H]2COC3(CCCC3)C2)cc1Cl. The van der Waals surface area contributed by atoms with Crippen LogP contribution in [0, 0.1) is 0 Å². The van der Waals surface area contributed by atoms with Crippen molar-refractivity contribution in [3.8, 4) is 0 Å². The molecule has 2 aliphatic rings. The molecule has 25 heavy (non-hydrogen) atoms. The number of amides is 3. The summed E-state index contributed by atoms with van der Waals surface area (Å²) in [6, 6.07) is 4.60. The van der Waals surface area contributed by atoms with Crippen molar-refractivity contribution >= 4 is 29.2 Å². The number of anilines is 1. The number of halogens is 1. The highest BCUT2D eigenvalue weighted by Crippen LogP contribution is 2.40. The number of nitrogens with one attached hydrogen (secondary N) is 3. The molecule has 3 rings (SSSR count). The fourth-order valence-corrected chi connectivity index (χ4v) is 3.96. The van der Waals surface area contributed by atoms with Gasteiger partial charge in [-0.3, -0.25) is 4.79 Å². The number of urea groups is 1. The molecular formula is C18H24ClN3O3. The molecule has 1 aromatic carbocycles. The quantitative estimate of drug-likeness (QED) is 0.765. The van der Waals surface area contributed by atoms with Gasteiger partial charge in [0, 0.05) is 12.2 Å². The van der Waals surface area contributed by atoms with E-state index < -0.39 is 0 Å². The van der Waals surface area contributed by atoms with Crippen LogP contribution in [0.25, 0.3) is 0 Å². The number of rotatable bonds is 4. The summed E-state index contributed by atoms with van der Waals surface area (Å²) in [6.07, 6.45) is 5.45. The van der Waals surface area contributed by atoms with Gasteiger partial charge in [0.1, 0.15) is 0 Å². The van der Waals surface area contributed by atoms with Crippen molar-refractivity contribution in [2.75, 3.05) is 18.5 Å². The number of ether oxygens (including phenoxy) is 1. The third kappa shape index (κ3) is 4.25. The van der Waals surface area contributed by atoms with Gasteiger partial charge >= 0.3 is 6.03 Å². The zero-order valence-electron chi connectivity index (χ0n) is 14.4. The largest absolute Gasteiger partial charge is 0.373 e. The first kappa shape index (κ1) is 18.0. The van der Waals surface area contributed by atoms with Crippen LogP contribution in [0.1, 0.15) is 49.4 Å². The Morgan fingerprint density at radius 2 is 2.08 bits per heavy atom. The second-order valence-corrected chi connectivity index (χ2v) is 7.16. The van der Waals surface area contributed by atoms with E-state index in [1.165, 1.54) is 12.8 Å². The Morgan fingerprint density at radius 3 is 2.76 bits per heavy atom. The standard InChI is InChI=1S/C18H24ClN3O3/c1-2-20-16(23)14-6-5-12(9-15(14)19)21-17(24)22-13-10-18(25-11-13)7-3-4-8-18/h5-6,9,13H,2-4,7-8,10-11H2,1H3,(H,20,23)(H2,21,22,24)/t13-/m1/s1. The fraction of sp³-hybridized carbons (Fsp3) is 0.556. The lowest BCUT2D eigenvalue weighted by Crippen LogP contribution is -2.39. The average Bonchev–Trinajstić information content (AvgIpc) is 3.17. The average molecular weight is 366 g/mol. The van der Waals surface area contributed by atoms with Gasteiger partial charge in [-0.1, -0.05) is 24.4 Å². The Bertz CT molecular complexity index is 659. The zero-order chi connectivity index (χ0) is 17.9. The molecule has 1 saturated heterocycles. The highest BCUT2D eigenvalue weighted by atomic mass is 35.5. The van der Waals surface area contributed by atoms with Gasteiger partial charge in [0.05, 0.1) is 28.8 Å².